The van der Waals surface area contributed by atoms with E-state index in [4.69, 9.17) is 11.5 Å². The summed E-state index contributed by atoms with van der Waals surface area (Å²) in [4.78, 5) is 17.7. The Hall–Kier alpha value is -1.85. The van der Waals surface area contributed by atoms with Crippen LogP contribution in [-0.4, -0.2) is 15.9 Å². The van der Waals surface area contributed by atoms with Crippen LogP contribution in [0.15, 0.2) is 6.20 Å². The Morgan fingerprint density at radius 3 is 2.83 bits per heavy atom. The first-order valence-electron chi connectivity index (χ1n) is 3.16. The second-order valence-electron chi connectivity index (χ2n) is 2.08. The number of esters is 1. The molecule has 0 spiro atoms. The minimum absolute atomic E-state index is 0.00463. The van der Waals surface area contributed by atoms with E-state index in [1.54, 1.807) is 0 Å². The molecule has 0 saturated heterocycles. The molecule has 1 heterocycles. The van der Waals surface area contributed by atoms with Crippen LogP contribution >= 0.6 is 0 Å². The number of hydrogen-bond acceptors (Lipinski definition) is 6. The van der Waals surface area contributed by atoms with E-state index < -0.39 is 5.97 Å². The molecule has 0 fully saturated rings. The molecular weight excluding hydrogens is 160 g/mol. The van der Waals surface area contributed by atoms with Crippen LogP contribution in [0.4, 0.5) is 11.6 Å². The number of carbonyl (C=O) groups is 1. The monoisotopic (exact) mass is 168 g/mol. The lowest BCUT2D eigenvalue weighted by Crippen LogP contribution is -2.07. The molecule has 64 valence electrons. The molecule has 0 aliphatic rings. The molecule has 6 heteroatoms. The lowest BCUT2D eigenvalue weighted by molar-refractivity contribution is -0.132. The molecule has 0 aliphatic heterocycles. The Kier molecular flexibility index (Phi) is 2.09. The van der Waals surface area contributed by atoms with E-state index in [9.17, 15) is 4.79 Å². The highest BCUT2D eigenvalue weighted by Gasteiger charge is 2.05. The third kappa shape index (κ3) is 1.82. The van der Waals surface area contributed by atoms with Crippen molar-refractivity contribution < 1.29 is 9.53 Å². The van der Waals surface area contributed by atoms with E-state index >= 15 is 0 Å². The summed E-state index contributed by atoms with van der Waals surface area (Å²) in [6.45, 7) is 1.25. The molecule has 1 aromatic heterocycles. The van der Waals surface area contributed by atoms with Gasteiger partial charge in [0.25, 0.3) is 5.88 Å². The topological polar surface area (TPSA) is 104 Å². The van der Waals surface area contributed by atoms with Gasteiger partial charge in [-0.05, 0) is 0 Å². The molecule has 0 radical (unpaired) electrons. The van der Waals surface area contributed by atoms with Gasteiger partial charge >= 0.3 is 5.97 Å². The highest BCUT2D eigenvalue weighted by Crippen LogP contribution is 2.16. The van der Waals surface area contributed by atoms with Gasteiger partial charge in [-0.3, -0.25) is 4.79 Å². The van der Waals surface area contributed by atoms with Crippen LogP contribution in [-0.2, 0) is 4.79 Å². The minimum atomic E-state index is -0.500. The first-order chi connectivity index (χ1) is 5.59. The molecular formula is C6H8N4O2. The van der Waals surface area contributed by atoms with Crippen LogP contribution in [0.1, 0.15) is 6.92 Å². The average molecular weight is 168 g/mol. The molecule has 0 bridgehead atoms. The summed E-state index contributed by atoms with van der Waals surface area (Å²) in [6.07, 6.45) is 1.28. The predicted molar refractivity (Wildman–Crippen MR) is 42.2 cm³/mol. The van der Waals surface area contributed by atoms with Crippen LogP contribution in [0.5, 0.6) is 5.88 Å². The maximum Gasteiger partial charge on any atom is 0.309 e. The molecule has 0 aromatic carbocycles. The van der Waals surface area contributed by atoms with Crippen LogP contribution in [0.3, 0.4) is 0 Å². The van der Waals surface area contributed by atoms with Crippen LogP contribution in [0.25, 0.3) is 0 Å². The van der Waals surface area contributed by atoms with E-state index in [-0.39, 0.29) is 17.5 Å². The highest BCUT2D eigenvalue weighted by molar-refractivity contribution is 5.70. The van der Waals surface area contributed by atoms with Crippen molar-refractivity contribution >= 4 is 17.6 Å². The van der Waals surface area contributed by atoms with Crippen molar-refractivity contribution in [2.75, 3.05) is 11.5 Å². The molecule has 0 atom stereocenters. The second kappa shape index (κ2) is 3.04. The maximum atomic E-state index is 10.5. The predicted octanol–water partition coefficient (Wildman–Crippen LogP) is -0.434. The van der Waals surface area contributed by atoms with Gasteiger partial charge in [-0.15, -0.1) is 0 Å². The van der Waals surface area contributed by atoms with Gasteiger partial charge in [0.05, 0.1) is 6.20 Å². The van der Waals surface area contributed by atoms with Crippen LogP contribution in [0, 0.1) is 0 Å². The lowest BCUT2D eigenvalue weighted by atomic mass is 10.5. The summed E-state index contributed by atoms with van der Waals surface area (Å²) in [5.41, 5.74) is 10.8. The summed E-state index contributed by atoms with van der Waals surface area (Å²) < 4.78 is 4.63. The summed E-state index contributed by atoms with van der Waals surface area (Å²) in [5, 5.41) is 0. The fourth-order valence-corrected chi connectivity index (χ4v) is 0.606. The van der Waals surface area contributed by atoms with E-state index in [2.05, 4.69) is 14.7 Å². The Bertz CT molecular complexity index is 312. The van der Waals surface area contributed by atoms with Crippen molar-refractivity contribution in [1.82, 2.24) is 9.97 Å². The third-order valence-electron chi connectivity index (χ3n) is 1.04. The number of carbonyl (C=O) groups excluding carboxylic acids is 1. The van der Waals surface area contributed by atoms with Gasteiger partial charge in [-0.2, -0.15) is 4.98 Å². The number of ether oxygens (including phenoxy) is 1. The Labute approximate surface area is 68.6 Å². The molecule has 12 heavy (non-hydrogen) atoms. The van der Waals surface area contributed by atoms with Gasteiger partial charge < -0.3 is 16.2 Å². The standard InChI is InChI=1S/C6H8N4O2/c1-3(11)12-5-4(7)2-9-6(8)10-5/h2H,7H2,1H3,(H2,8,9,10). The second-order valence-corrected chi connectivity index (χ2v) is 2.08. The fraction of sp³-hybridized carbons (Fsp3) is 0.167. The van der Waals surface area contributed by atoms with Gasteiger partial charge in [0.1, 0.15) is 5.69 Å². The van der Waals surface area contributed by atoms with E-state index in [1.807, 2.05) is 0 Å². The van der Waals surface area contributed by atoms with Crippen molar-refractivity contribution in [3.8, 4) is 5.88 Å². The largest absolute Gasteiger partial charge is 0.405 e. The first-order valence-corrected chi connectivity index (χ1v) is 3.16. The van der Waals surface area contributed by atoms with E-state index in [0.717, 1.165) is 0 Å². The van der Waals surface area contributed by atoms with Crippen molar-refractivity contribution in [1.29, 1.82) is 0 Å². The molecule has 1 rings (SSSR count). The number of rotatable bonds is 1. The van der Waals surface area contributed by atoms with Gasteiger partial charge in [0.15, 0.2) is 0 Å². The molecule has 0 unspecified atom stereocenters. The van der Waals surface area contributed by atoms with Crippen LogP contribution < -0.4 is 16.2 Å². The Balaban J connectivity index is 2.97. The molecule has 0 amide bonds. The zero-order valence-corrected chi connectivity index (χ0v) is 6.44. The van der Waals surface area contributed by atoms with Crippen LogP contribution in [0.2, 0.25) is 0 Å². The highest BCUT2D eigenvalue weighted by atomic mass is 16.5. The van der Waals surface area contributed by atoms with Gasteiger partial charge in [0.2, 0.25) is 5.95 Å². The third-order valence-corrected chi connectivity index (χ3v) is 1.04. The number of nitrogen functional groups attached to an aromatic ring is 2. The molecule has 0 saturated carbocycles. The fourth-order valence-electron chi connectivity index (χ4n) is 0.606. The number of anilines is 2. The summed E-state index contributed by atoms with van der Waals surface area (Å²) in [6, 6.07) is 0. The molecule has 0 aliphatic carbocycles. The zero-order valence-electron chi connectivity index (χ0n) is 6.44. The van der Waals surface area contributed by atoms with Crippen molar-refractivity contribution in [2.45, 2.75) is 6.92 Å². The van der Waals surface area contributed by atoms with Crippen molar-refractivity contribution in [3.05, 3.63) is 6.20 Å². The molecule has 1 aromatic rings. The maximum absolute atomic E-state index is 10.5. The zero-order chi connectivity index (χ0) is 9.14. The SMILES string of the molecule is CC(=O)Oc1nc(N)ncc1N. The Morgan fingerprint density at radius 1 is 1.58 bits per heavy atom. The number of nitrogens with two attached hydrogens (primary N) is 2. The van der Waals surface area contributed by atoms with Gasteiger partial charge in [-0.1, -0.05) is 0 Å². The summed E-state index contributed by atoms with van der Waals surface area (Å²) in [7, 11) is 0. The lowest BCUT2D eigenvalue weighted by Gasteiger charge is -2.02. The molecule has 4 N–H and O–H groups in total. The van der Waals surface area contributed by atoms with E-state index in [1.165, 1.54) is 13.1 Å². The first kappa shape index (κ1) is 8.25. The molecule has 6 nitrogen and oxygen atoms in total. The number of nitrogens with zero attached hydrogens (tertiary/aromatic N) is 2. The van der Waals surface area contributed by atoms with Gasteiger partial charge in [0, 0.05) is 6.92 Å². The Morgan fingerprint density at radius 2 is 2.25 bits per heavy atom. The normalized spacial score (nSPS) is 9.42. The minimum Gasteiger partial charge on any atom is -0.405 e. The van der Waals surface area contributed by atoms with Crippen molar-refractivity contribution in [3.63, 3.8) is 0 Å². The van der Waals surface area contributed by atoms with Crippen molar-refractivity contribution in [2.24, 2.45) is 0 Å². The smallest absolute Gasteiger partial charge is 0.309 e. The summed E-state index contributed by atoms with van der Waals surface area (Å²) >= 11 is 0. The summed E-state index contributed by atoms with van der Waals surface area (Å²) in [5.74, 6) is -0.491. The average Bonchev–Trinajstić information content (AvgIpc) is 1.96. The number of aromatic nitrogens is 2. The number of hydrogen-bond donors (Lipinski definition) is 2. The quantitative estimate of drug-likeness (QED) is 0.551. The van der Waals surface area contributed by atoms with Gasteiger partial charge in [-0.25, -0.2) is 4.98 Å². The van der Waals surface area contributed by atoms with E-state index in [0.29, 0.717) is 0 Å².